The van der Waals surface area contributed by atoms with Gasteiger partial charge in [-0.15, -0.1) is 0 Å². The Kier molecular flexibility index (Phi) is 5.72. The van der Waals surface area contributed by atoms with Gasteiger partial charge in [0.2, 0.25) is 0 Å². The highest BCUT2D eigenvalue weighted by Gasteiger charge is 2.39. The van der Waals surface area contributed by atoms with Crippen molar-refractivity contribution < 1.29 is 32.6 Å². The van der Waals surface area contributed by atoms with E-state index >= 15 is 0 Å². The van der Waals surface area contributed by atoms with Gasteiger partial charge in [0, 0.05) is 17.8 Å². The molecule has 0 saturated heterocycles. The molecule has 0 bridgehead atoms. The van der Waals surface area contributed by atoms with Crippen LogP contribution < -0.4 is 15.2 Å². The van der Waals surface area contributed by atoms with Crippen molar-refractivity contribution in [2.45, 2.75) is 64.8 Å². The van der Waals surface area contributed by atoms with Crippen LogP contribution in [0.5, 0.6) is 5.75 Å². The van der Waals surface area contributed by atoms with Crippen LogP contribution >= 0.6 is 0 Å². The lowest BCUT2D eigenvalue weighted by Crippen LogP contribution is -2.54. The predicted molar refractivity (Wildman–Crippen MR) is 88.1 cm³/mol. The Morgan fingerprint density at radius 2 is 1.89 bits per heavy atom. The van der Waals surface area contributed by atoms with Gasteiger partial charge < -0.3 is 20.0 Å². The SMILES string of the molecule is C[C@H](Oc1cc(C(=O)NC(C(=O)[O-])C(C)(C)C)ncc1C1CC1)C(F)(F)F. The lowest BCUT2D eigenvalue weighted by atomic mass is 9.86. The molecule has 1 N–H and O–H groups in total. The number of rotatable bonds is 6. The van der Waals surface area contributed by atoms with Crippen molar-refractivity contribution in [2.75, 3.05) is 0 Å². The maximum atomic E-state index is 12.8. The summed E-state index contributed by atoms with van der Waals surface area (Å²) in [6, 6.07) is -0.173. The molecule has 2 atom stereocenters. The van der Waals surface area contributed by atoms with Crippen molar-refractivity contribution in [3.63, 3.8) is 0 Å². The highest BCUT2D eigenvalue weighted by molar-refractivity contribution is 5.95. The van der Waals surface area contributed by atoms with Gasteiger partial charge in [-0.3, -0.25) is 9.78 Å². The number of carboxylic acid groups (broad SMARTS) is 1. The van der Waals surface area contributed by atoms with E-state index in [-0.39, 0.29) is 17.4 Å². The lowest BCUT2D eigenvalue weighted by Gasteiger charge is -2.32. The van der Waals surface area contributed by atoms with Crippen LogP contribution in [0.1, 0.15) is 62.5 Å². The first-order valence-corrected chi connectivity index (χ1v) is 8.55. The van der Waals surface area contributed by atoms with Crippen LogP contribution in [0.2, 0.25) is 0 Å². The van der Waals surface area contributed by atoms with Crippen molar-refractivity contribution in [1.29, 1.82) is 0 Å². The van der Waals surface area contributed by atoms with Gasteiger partial charge in [-0.1, -0.05) is 20.8 Å². The van der Waals surface area contributed by atoms with Gasteiger partial charge in [-0.25, -0.2) is 0 Å². The van der Waals surface area contributed by atoms with Gasteiger partial charge in [0.25, 0.3) is 5.91 Å². The molecular weight excluding hydrogens is 365 g/mol. The Balaban J connectivity index is 2.28. The van der Waals surface area contributed by atoms with Crippen LogP contribution in [0.25, 0.3) is 0 Å². The second-order valence-corrected chi connectivity index (χ2v) is 7.77. The third kappa shape index (κ3) is 5.33. The van der Waals surface area contributed by atoms with Crippen LogP contribution in [0, 0.1) is 5.41 Å². The summed E-state index contributed by atoms with van der Waals surface area (Å²) in [4.78, 5) is 27.7. The fourth-order valence-electron chi connectivity index (χ4n) is 2.47. The summed E-state index contributed by atoms with van der Waals surface area (Å²) in [5.41, 5.74) is -0.541. The molecule has 6 nitrogen and oxygen atoms in total. The minimum Gasteiger partial charge on any atom is -0.548 e. The maximum absolute atomic E-state index is 12.8. The van der Waals surface area contributed by atoms with E-state index in [1.54, 1.807) is 20.8 Å². The number of hydrogen-bond acceptors (Lipinski definition) is 5. The van der Waals surface area contributed by atoms with Crippen LogP contribution in [0.4, 0.5) is 13.2 Å². The van der Waals surface area contributed by atoms with E-state index in [4.69, 9.17) is 4.74 Å². The van der Waals surface area contributed by atoms with E-state index in [2.05, 4.69) is 10.3 Å². The van der Waals surface area contributed by atoms with Crippen molar-refractivity contribution in [3.8, 4) is 5.75 Å². The number of alkyl halides is 3. The number of carboxylic acids is 1. The van der Waals surface area contributed by atoms with Crippen molar-refractivity contribution in [1.82, 2.24) is 10.3 Å². The first-order chi connectivity index (χ1) is 12.3. The number of pyridine rings is 1. The van der Waals surface area contributed by atoms with Crippen LogP contribution in [0.3, 0.4) is 0 Å². The summed E-state index contributed by atoms with van der Waals surface area (Å²) in [5, 5.41) is 13.6. The third-order valence-corrected chi connectivity index (χ3v) is 4.29. The zero-order chi connectivity index (χ0) is 20.6. The summed E-state index contributed by atoms with van der Waals surface area (Å²) in [6.07, 6.45) is -3.69. The molecular formula is C18H22F3N2O4-. The zero-order valence-electron chi connectivity index (χ0n) is 15.5. The largest absolute Gasteiger partial charge is 0.548 e. The number of nitrogens with one attached hydrogen (secondary N) is 1. The molecule has 1 aliphatic rings. The standard InChI is InChI=1S/C18H23F3N2O4/c1-9(18(19,20)21)27-13-7-12(22-8-11(13)10-5-6-10)15(24)23-14(16(25)26)17(2,3)4/h7-10,14H,5-6H2,1-4H3,(H,23,24)(H,25,26)/p-1/t9-,14?/m0/s1. The quantitative estimate of drug-likeness (QED) is 0.808. The minimum atomic E-state index is -4.56. The molecule has 1 aromatic heterocycles. The first kappa shape index (κ1) is 21.0. The number of hydrogen-bond donors (Lipinski definition) is 1. The fourth-order valence-corrected chi connectivity index (χ4v) is 2.47. The fraction of sp³-hybridized carbons (Fsp3) is 0.611. The molecule has 0 aliphatic heterocycles. The third-order valence-electron chi connectivity index (χ3n) is 4.29. The number of aromatic nitrogens is 1. The van der Waals surface area contributed by atoms with E-state index in [9.17, 15) is 27.9 Å². The van der Waals surface area contributed by atoms with Gasteiger partial charge in [0.1, 0.15) is 11.4 Å². The molecule has 27 heavy (non-hydrogen) atoms. The number of amides is 1. The number of ether oxygens (including phenoxy) is 1. The number of nitrogens with zero attached hydrogens (tertiary/aromatic N) is 1. The van der Waals surface area contributed by atoms with E-state index in [0.717, 1.165) is 25.8 Å². The predicted octanol–water partition coefficient (Wildman–Crippen LogP) is 2.18. The Morgan fingerprint density at radius 3 is 2.33 bits per heavy atom. The maximum Gasteiger partial charge on any atom is 0.425 e. The van der Waals surface area contributed by atoms with Crippen LogP contribution in [-0.4, -0.2) is 35.2 Å². The molecule has 1 saturated carbocycles. The number of halogens is 3. The topological polar surface area (TPSA) is 91.3 Å². The molecule has 1 heterocycles. The summed E-state index contributed by atoms with van der Waals surface area (Å²) in [7, 11) is 0. The van der Waals surface area contributed by atoms with Gasteiger partial charge >= 0.3 is 6.18 Å². The average Bonchev–Trinajstić information content (AvgIpc) is 3.34. The molecule has 150 valence electrons. The molecule has 0 radical (unpaired) electrons. The van der Waals surface area contributed by atoms with Crippen molar-refractivity contribution >= 4 is 11.9 Å². The van der Waals surface area contributed by atoms with Crippen LogP contribution in [0.15, 0.2) is 12.3 Å². The number of carbonyl (C=O) groups is 2. The van der Waals surface area contributed by atoms with E-state index in [0.29, 0.717) is 5.56 Å². The van der Waals surface area contributed by atoms with Gasteiger partial charge in [-0.2, -0.15) is 13.2 Å². The summed E-state index contributed by atoms with van der Waals surface area (Å²) in [6.45, 7) is 5.70. The first-order valence-electron chi connectivity index (χ1n) is 8.55. The average molecular weight is 387 g/mol. The van der Waals surface area contributed by atoms with Crippen LogP contribution in [-0.2, 0) is 4.79 Å². The van der Waals surface area contributed by atoms with Gasteiger partial charge in [0.05, 0.1) is 12.0 Å². The summed E-state index contributed by atoms with van der Waals surface area (Å²) < 4.78 is 43.6. The number of carbonyl (C=O) groups excluding carboxylic acids is 2. The second kappa shape index (κ2) is 7.36. The van der Waals surface area contributed by atoms with E-state index < -0.39 is 35.6 Å². The Morgan fingerprint density at radius 1 is 1.30 bits per heavy atom. The summed E-state index contributed by atoms with van der Waals surface area (Å²) in [5.74, 6) is -2.31. The van der Waals surface area contributed by atoms with E-state index in [1.807, 2.05) is 0 Å². The summed E-state index contributed by atoms with van der Waals surface area (Å²) >= 11 is 0. The van der Waals surface area contributed by atoms with Crippen molar-refractivity contribution in [2.24, 2.45) is 5.41 Å². The lowest BCUT2D eigenvalue weighted by molar-refractivity contribution is -0.310. The monoisotopic (exact) mass is 387 g/mol. The van der Waals surface area contributed by atoms with Gasteiger partial charge in [-0.05, 0) is 31.1 Å². The molecule has 0 spiro atoms. The molecule has 0 aromatic carbocycles. The molecule has 1 aromatic rings. The normalized spacial score (nSPS) is 17.1. The van der Waals surface area contributed by atoms with E-state index in [1.165, 1.54) is 6.20 Å². The zero-order valence-corrected chi connectivity index (χ0v) is 15.5. The molecule has 2 rings (SSSR count). The minimum absolute atomic E-state index is 0.0515. The second-order valence-electron chi connectivity index (χ2n) is 7.77. The Bertz CT molecular complexity index is 724. The van der Waals surface area contributed by atoms with Gasteiger partial charge in [0.15, 0.2) is 6.10 Å². The molecule has 1 fully saturated rings. The Labute approximate surface area is 155 Å². The molecule has 1 aliphatic carbocycles. The van der Waals surface area contributed by atoms with Crippen molar-refractivity contribution in [3.05, 3.63) is 23.5 Å². The highest BCUT2D eigenvalue weighted by atomic mass is 19.4. The highest BCUT2D eigenvalue weighted by Crippen LogP contribution is 2.44. The Hall–Kier alpha value is -2.32. The molecule has 1 unspecified atom stereocenters. The number of aliphatic carboxylic acids is 1. The smallest absolute Gasteiger partial charge is 0.425 e. The molecule has 1 amide bonds. The molecule has 9 heteroatoms.